The molecule has 2 aliphatic rings. The lowest BCUT2D eigenvalue weighted by atomic mass is 9.83. The molecule has 0 saturated heterocycles. The first-order chi connectivity index (χ1) is 15.6. The molecule has 0 unspecified atom stereocenters. The highest BCUT2D eigenvalue weighted by Gasteiger charge is 2.36. The molecule has 3 aromatic rings. The summed E-state index contributed by atoms with van der Waals surface area (Å²) < 4.78 is 27.8. The second-order valence-electron chi connectivity index (χ2n) is 7.15. The van der Waals surface area contributed by atoms with Crippen molar-refractivity contribution >= 4 is 0 Å². The van der Waals surface area contributed by atoms with Crippen LogP contribution in [0.4, 0.5) is 0 Å². The zero-order valence-electron chi connectivity index (χ0n) is 17.5. The van der Waals surface area contributed by atoms with Crippen LogP contribution < -0.4 is 29.4 Å². The van der Waals surface area contributed by atoms with Gasteiger partial charge in [-0.3, -0.25) is 5.10 Å². The van der Waals surface area contributed by atoms with Crippen LogP contribution in [-0.4, -0.2) is 30.7 Å². The molecule has 1 atom stereocenters. The molecule has 0 fully saturated rings. The van der Waals surface area contributed by atoms with E-state index in [4.69, 9.17) is 29.4 Å². The Labute approximate surface area is 183 Å². The Morgan fingerprint density at radius 2 is 2.03 bits per heavy atom. The molecule has 0 spiro atoms. The molecule has 1 aromatic heterocycles. The van der Waals surface area contributed by atoms with Gasteiger partial charge in [0.1, 0.15) is 11.6 Å². The number of aromatic amines is 1. The number of nitrogens with zero attached hydrogens (tertiary/aromatic N) is 2. The summed E-state index contributed by atoms with van der Waals surface area (Å²) in [5.74, 6) is 2.29. The highest BCUT2D eigenvalue weighted by Crippen LogP contribution is 2.48. The van der Waals surface area contributed by atoms with Gasteiger partial charge in [0, 0.05) is 5.56 Å². The van der Waals surface area contributed by atoms with Gasteiger partial charge in [-0.05, 0) is 42.8 Å². The maximum absolute atomic E-state index is 9.93. The number of H-pyrrole nitrogens is 1. The van der Waals surface area contributed by atoms with Gasteiger partial charge < -0.3 is 29.4 Å². The molecule has 32 heavy (non-hydrogen) atoms. The van der Waals surface area contributed by atoms with Gasteiger partial charge in [-0.2, -0.15) is 5.26 Å². The lowest BCUT2D eigenvalue weighted by molar-refractivity contribution is 0.174. The van der Waals surface area contributed by atoms with Gasteiger partial charge in [-0.25, -0.2) is 0 Å². The van der Waals surface area contributed by atoms with Crippen LogP contribution in [0.5, 0.6) is 28.9 Å². The van der Waals surface area contributed by atoms with Gasteiger partial charge in [0.05, 0.1) is 30.9 Å². The Balaban J connectivity index is 1.68. The number of rotatable bonds is 5. The van der Waals surface area contributed by atoms with Crippen LogP contribution in [0.15, 0.2) is 47.9 Å². The van der Waals surface area contributed by atoms with Crippen molar-refractivity contribution in [2.75, 3.05) is 20.5 Å². The second-order valence-corrected chi connectivity index (χ2v) is 7.15. The average molecular weight is 432 g/mol. The number of hydrogen-bond acceptors (Lipinski definition) is 8. The van der Waals surface area contributed by atoms with Crippen LogP contribution in [0.1, 0.15) is 24.0 Å². The van der Waals surface area contributed by atoms with Crippen molar-refractivity contribution in [2.24, 2.45) is 5.73 Å². The number of nitrogens with one attached hydrogen (secondary N) is 1. The molecule has 2 aliphatic heterocycles. The van der Waals surface area contributed by atoms with E-state index in [-0.39, 0.29) is 18.2 Å². The van der Waals surface area contributed by atoms with Gasteiger partial charge >= 0.3 is 0 Å². The molecule has 5 rings (SSSR count). The maximum Gasteiger partial charge on any atom is 0.244 e. The predicted molar refractivity (Wildman–Crippen MR) is 114 cm³/mol. The first-order valence-electron chi connectivity index (χ1n) is 10.0. The van der Waals surface area contributed by atoms with E-state index in [9.17, 15) is 5.26 Å². The van der Waals surface area contributed by atoms with Gasteiger partial charge in [-0.15, -0.1) is 5.10 Å². The zero-order chi connectivity index (χ0) is 22.2. The SMILES string of the molecule is CCOc1cc([C@H]2C(C#N)=C(N)Oc3n[nH]c(-c4ccc5c(c4)OCO5)c32)ccc1OC. The number of allylic oxidation sites excluding steroid dienone is 1. The van der Waals surface area contributed by atoms with Crippen LogP contribution in [-0.2, 0) is 0 Å². The van der Waals surface area contributed by atoms with Crippen molar-refractivity contribution in [3.8, 4) is 46.2 Å². The van der Waals surface area contributed by atoms with Crippen molar-refractivity contribution in [2.45, 2.75) is 12.8 Å². The van der Waals surface area contributed by atoms with E-state index < -0.39 is 5.92 Å². The topological polar surface area (TPSA) is 125 Å². The maximum atomic E-state index is 9.93. The van der Waals surface area contributed by atoms with Crippen molar-refractivity contribution in [1.29, 1.82) is 5.26 Å². The van der Waals surface area contributed by atoms with Crippen molar-refractivity contribution < 1.29 is 23.7 Å². The first kappa shape index (κ1) is 19.6. The summed E-state index contributed by atoms with van der Waals surface area (Å²) in [5.41, 5.74) is 9.38. The Kier molecular flexibility index (Phi) is 4.75. The minimum Gasteiger partial charge on any atom is -0.493 e. The Morgan fingerprint density at radius 3 is 2.81 bits per heavy atom. The molecule has 3 heterocycles. The number of hydrogen-bond donors (Lipinski definition) is 2. The summed E-state index contributed by atoms with van der Waals surface area (Å²) in [5, 5.41) is 17.3. The third-order valence-corrected chi connectivity index (χ3v) is 5.42. The number of nitriles is 1. The number of methoxy groups -OCH3 is 1. The molecule has 0 aliphatic carbocycles. The number of benzene rings is 2. The lowest BCUT2D eigenvalue weighted by Gasteiger charge is -2.25. The Bertz CT molecular complexity index is 1270. The Morgan fingerprint density at radius 1 is 1.19 bits per heavy atom. The smallest absolute Gasteiger partial charge is 0.244 e. The van der Waals surface area contributed by atoms with E-state index in [1.54, 1.807) is 13.2 Å². The highest BCUT2D eigenvalue weighted by atomic mass is 16.7. The molecule has 2 aromatic carbocycles. The molecule has 0 amide bonds. The third kappa shape index (κ3) is 3.04. The summed E-state index contributed by atoms with van der Waals surface area (Å²) in [6, 6.07) is 13.3. The second kappa shape index (κ2) is 7.74. The van der Waals surface area contributed by atoms with Crippen LogP contribution in [0, 0.1) is 11.3 Å². The normalized spacial score (nSPS) is 16.2. The number of aromatic nitrogens is 2. The lowest BCUT2D eigenvalue weighted by Crippen LogP contribution is -2.21. The molecular formula is C23H20N4O5. The number of fused-ring (bicyclic) bond motifs is 2. The van der Waals surface area contributed by atoms with E-state index in [1.165, 1.54) is 0 Å². The quantitative estimate of drug-likeness (QED) is 0.628. The molecule has 0 saturated carbocycles. The van der Waals surface area contributed by atoms with E-state index in [0.717, 1.165) is 11.1 Å². The van der Waals surface area contributed by atoms with Crippen LogP contribution >= 0.6 is 0 Å². The van der Waals surface area contributed by atoms with Gasteiger partial charge in [0.15, 0.2) is 23.0 Å². The summed E-state index contributed by atoms with van der Waals surface area (Å²) in [7, 11) is 1.58. The fourth-order valence-electron chi connectivity index (χ4n) is 3.99. The van der Waals surface area contributed by atoms with Crippen LogP contribution in [0.2, 0.25) is 0 Å². The number of ether oxygens (including phenoxy) is 5. The monoisotopic (exact) mass is 432 g/mol. The molecule has 0 radical (unpaired) electrons. The van der Waals surface area contributed by atoms with Crippen molar-refractivity contribution in [3.05, 3.63) is 59.0 Å². The predicted octanol–water partition coefficient (Wildman–Crippen LogP) is 3.43. The molecular weight excluding hydrogens is 412 g/mol. The van der Waals surface area contributed by atoms with Gasteiger partial charge in [0.25, 0.3) is 0 Å². The summed E-state index contributed by atoms with van der Waals surface area (Å²) in [4.78, 5) is 0. The molecule has 162 valence electrons. The van der Waals surface area contributed by atoms with Crippen LogP contribution in [0.25, 0.3) is 11.3 Å². The largest absolute Gasteiger partial charge is 0.493 e. The standard InChI is InChI=1S/C23H20N4O5/c1-3-29-17-8-12(4-6-15(17)28-2)19-14(10-24)22(25)32-23-20(19)21(26-27-23)13-5-7-16-18(9-13)31-11-30-16/h4-9,19H,3,11,25H2,1-2H3,(H,26,27)/t19-/m0/s1. The number of nitrogens with two attached hydrogens (primary N) is 1. The zero-order valence-corrected chi connectivity index (χ0v) is 17.5. The minimum absolute atomic E-state index is 0.0162. The Hall–Kier alpha value is -4.32. The molecule has 9 nitrogen and oxygen atoms in total. The summed E-state index contributed by atoms with van der Waals surface area (Å²) in [6.45, 7) is 2.54. The van der Waals surface area contributed by atoms with Gasteiger partial charge in [-0.1, -0.05) is 6.07 Å². The highest BCUT2D eigenvalue weighted by molar-refractivity contribution is 5.73. The van der Waals surface area contributed by atoms with Crippen LogP contribution in [0.3, 0.4) is 0 Å². The van der Waals surface area contributed by atoms with Crippen molar-refractivity contribution in [3.63, 3.8) is 0 Å². The molecule has 9 heteroatoms. The van der Waals surface area contributed by atoms with E-state index in [0.29, 0.717) is 46.7 Å². The minimum atomic E-state index is -0.520. The van der Waals surface area contributed by atoms with Gasteiger partial charge in [0.2, 0.25) is 18.6 Å². The summed E-state index contributed by atoms with van der Waals surface area (Å²) in [6.07, 6.45) is 0. The fourth-order valence-corrected chi connectivity index (χ4v) is 3.99. The molecule has 3 N–H and O–H groups in total. The summed E-state index contributed by atoms with van der Waals surface area (Å²) >= 11 is 0. The van der Waals surface area contributed by atoms with E-state index in [1.807, 2.05) is 37.3 Å². The van der Waals surface area contributed by atoms with E-state index >= 15 is 0 Å². The van der Waals surface area contributed by atoms with Crippen molar-refractivity contribution in [1.82, 2.24) is 10.2 Å². The average Bonchev–Trinajstić information content (AvgIpc) is 3.44. The third-order valence-electron chi connectivity index (χ3n) is 5.42. The molecule has 0 bridgehead atoms. The van der Waals surface area contributed by atoms with E-state index in [2.05, 4.69) is 16.3 Å². The first-order valence-corrected chi connectivity index (χ1v) is 10.0. The fraction of sp³-hybridized carbons (Fsp3) is 0.217.